The number of hydrogen-bond donors (Lipinski definition) is 1. The molecule has 1 atom stereocenters. The van der Waals surface area contributed by atoms with E-state index in [9.17, 15) is 4.79 Å². The van der Waals surface area contributed by atoms with Crippen molar-refractivity contribution >= 4 is 39.2 Å². The maximum absolute atomic E-state index is 12.4. The smallest absolute Gasteiger partial charge is 0.331 e. The molecule has 1 unspecified atom stereocenters. The van der Waals surface area contributed by atoms with Gasteiger partial charge in [-0.1, -0.05) is 11.6 Å². The second-order valence-corrected chi connectivity index (χ2v) is 6.75. The number of benzene rings is 1. The number of carbonyl (C=O) groups excluding carboxylic acids is 1. The van der Waals surface area contributed by atoms with Crippen molar-refractivity contribution in [2.45, 2.75) is 24.8 Å². The molecule has 2 rings (SSSR count). The fraction of sp³-hybridized carbons (Fsp3) is 0.533. The number of halogens is 2. The second-order valence-electron chi connectivity index (χ2n) is 5.48. The van der Waals surface area contributed by atoms with E-state index in [1.807, 2.05) is 18.2 Å². The van der Waals surface area contributed by atoms with E-state index in [4.69, 9.17) is 16.3 Å². The molecule has 0 amide bonds. The highest BCUT2D eigenvalue weighted by Gasteiger charge is 2.40. The van der Waals surface area contributed by atoms with Gasteiger partial charge in [-0.25, -0.2) is 4.79 Å². The molecule has 1 aliphatic rings. The Balaban J connectivity index is 2.27. The average Bonchev–Trinajstić information content (AvgIpc) is 2.65. The van der Waals surface area contributed by atoms with Gasteiger partial charge >= 0.3 is 5.97 Å². The molecule has 4 nitrogen and oxygen atoms in total. The Morgan fingerprint density at radius 2 is 2.19 bits per heavy atom. The summed E-state index contributed by atoms with van der Waals surface area (Å²) in [6.07, 6.45) is 2.42. The molecule has 6 heteroatoms. The summed E-state index contributed by atoms with van der Waals surface area (Å²) in [6.45, 7) is 1.85. The van der Waals surface area contributed by atoms with Crippen LogP contribution >= 0.6 is 27.5 Å². The molecule has 0 bridgehead atoms. The number of nitrogens with zero attached hydrogens (tertiary/aromatic N) is 1. The van der Waals surface area contributed by atoms with E-state index in [1.165, 1.54) is 7.11 Å². The first-order valence-electron chi connectivity index (χ1n) is 6.97. The first-order valence-corrected chi connectivity index (χ1v) is 8.14. The number of anilines is 1. The van der Waals surface area contributed by atoms with Crippen molar-refractivity contribution in [2.75, 3.05) is 32.6 Å². The Bertz CT molecular complexity index is 526. The van der Waals surface area contributed by atoms with Crippen LogP contribution in [0.2, 0.25) is 5.02 Å². The number of rotatable bonds is 3. The predicted molar refractivity (Wildman–Crippen MR) is 88.9 cm³/mol. The van der Waals surface area contributed by atoms with Crippen LogP contribution in [0.5, 0.6) is 0 Å². The molecule has 0 radical (unpaired) electrons. The van der Waals surface area contributed by atoms with E-state index in [2.05, 4.69) is 33.2 Å². The number of carbonyl (C=O) groups is 1. The molecule has 1 fully saturated rings. The lowest BCUT2D eigenvalue weighted by Crippen LogP contribution is -2.47. The zero-order valence-electron chi connectivity index (χ0n) is 12.3. The molecule has 1 heterocycles. The molecule has 0 aromatic heterocycles. The van der Waals surface area contributed by atoms with E-state index in [0.717, 1.165) is 42.5 Å². The topological polar surface area (TPSA) is 41.6 Å². The summed E-state index contributed by atoms with van der Waals surface area (Å²) in [5.74, 6) is -0.205. The van der Waals surface area contributed by atoms with Crippen LogP contribution in [-0.4, -0.2) is 43.7 Å². The zero-order chi connectivity index (χ0) is 15.5. The van der Waals surface area contributed by atoms with E-state index in [-0.39, 0.29) is 5.97 Å². The summed E-state index contributed by atoms with van der Waals surface area (Å²) in [7, 11) is 3.52. The molecule has 1 aromatic rings. The summed E-state index contributed by atoms with van der Waals surface area (Å²) in [4.78, 5) is 14.6. The lowest BCUT2D eigenvalue weighted by molar-refractivity contribution is -0.146. The van der Waals surface area contributed by atoms with Gasteiger partial charge in [0.25, 0.3) is 0 Å². The Kier molecular flexibility index (Phi) is 5.52. The minimum atomic E-state index is -0.674. The molecule has 116 valence electrons. The molecule has 0 spiro atoms. The van der Waals surface area contributed by atoms with Crippen LogP contribution in [0.4, 0.5) is 5.69 Å². The van der Waals surface area contributed by atoms with E-state index >= 15 is 0 Å². The average molecular weight is 376 g/mol. The maximum atomic E-state index is 12.4. The summed E-state index contributed by atoms with van der Waals surface area (Å²) in [5, 5.41) is 4.03. The van der Waals surface area contributed by atoms with Crippen LogP contribution in [0.25, 0.3) is 0 Å². The highest BCUT2D eigenvalue weighted by atomic mass is 79.9. The van der Waals surface area contributed by atoms with Gasteiger partial charge in [-0.15, -0.1) is 0 Å². The Morgan fingerprint density at radius 3 is 2.86 bits per heavy atom. The highest BCUT2D eigenvalue weighted by molar-refractivity contribution is 9.10. The van der Waals surface area contributed by atoms with Gasteiger partial charge in [0, 0.05) is 16.7 Å². The van der Waals surface area contributed by atoms with Crippen LogP contribution in [-0.2, 0) is 9.53 Å². The molecular weight excluding hydrogens is 356 g/mol. The molecule has 1 N–H and O–H groups in total. The van der Waals surface area contributed by atoms with E-state index in [0.29, 0.717) is 5.02 Å². The lowest BCUT2D eigenvalue weighted by Gasteiger charge is -2.32. The summed E-state index contributed by atoms with van der Waals surface area (Å²) in [6, 6.07) is 5.58. The van der Waals surface area contributed by atoms with Crippen molar-refractivity contribution in [1.82, 2.24) is 4.90 Å². The SMILES string of the molecule is COC(=O)C1(Nc2ccc(Cl)c(Br)c2)CCCN(C)CC1. The largest absolute Gasteiger partial charge is 0.467 e. The maximum Gasteiger partial charge on any atom is 0.331 e. The van der Waals surface area contributed by atoms with Gasteiger partial charge in [0.15, 0.2) is 0 Å². The highest BCUT2D eigenvalue weighted by Crippen LogP contribution is 2.31. The first kappa shape index (κ1) is 16.6. The predicted octanol–water partition coefficient (Wildman–Crippen LogP) is 3.54. The van der Waals surface area contributed by atoms with Gasteiger partial charge in [0.05, 0.1) is 12.1 Å². The molecule has 1 saturated heterocycles. The van der Waals surface area contributed by atoms with E-state index < -0.39 is 5.54 Å². The zero-order valence-corrected chi connectivity index (χ0v) is 14.6. The lowest BCUT2D eigenvalue weighted by atomic mass is 9.90. The first-order chi connectivity index (χ1) is 9.97. The molecule has 0 aliphatic carbocycles. The van der Waals surface area contributed by atoms with Gasteiger partial charge in [0.1, 0.15) is 5.54 Å². The number of methoxy groups -OCH3 is 1. The van der Waals surface area contributed by atoms with Crippen molar-refractivity contribution in [3.63, 3.8) is 0 Å². The molecule has 0 saturated carbocycles. The third-order valence-electron chi connectivity index (χ3n) is 3.94. The fourth-order valence-electron chi connectivity index (χ4n) is 2.69. The molecule has 1 aromatic carbocycles. The van der Waals surface area contributed by atoms with Crippen LogP contribution < -0.4 is 5.32 Å². The van der Waals surface area contributed by atoms with Crippen molar-refractivity contribution < 1.29 is 9.53 Å². The van der Waals surface area contributed by atoms with Gasteiger partial charge in [-0.2, -0.15) is 0 Å². The van der Waals surface area contributed by atoms with Crippen LogP contribution in [0.1, 0.15) is 19.3 Å². The van der Waals surface area contributed by atoms with Crippen molar-refractivity contribution in [3.05, 3.63) is 27.7 Å². The van der Waals surface area contributed by atoms with Crippen LogP contribution in [0.15, 0.2) is 22.7 Å². The second kappa shape index (κ2) is 6.99. The number of hydrogen-bond acceptors (Lipinski definition) is 4. The van der Waals surface area contributed by atoms with Crippen molar-refractivity contribution in [3.8, 4) is 0 Å². The number of likely N-dealkylation sites (tertiary alicyclic amines) is 1. The van der Waals surface area contributed by atoms with Gasteiger partial charge in [0.2, 0.25) is 0 Å². The minimum Gasteiger partial charge on any atom is -0.467 e. The number of ether oxygens (including phenoxy) is 1. The summed E-state index contributed by atoms with van der Waals surface area (Å²) < 4.78 is 5.86. The fourth-order valence-corrected chi connectivity index (χ4v) is 3.19. The number of nitrogens with one attached hydrogen (secondary N) is 1. The van der Waals surface area contributed by atoms with Crippen molar-refractivity contribution in [2.24, 2.45) is 0 Å². The minimum absolute atomic E-state index is 0.205. The summed E-state index contributed by atoms with van der Waals surface area (Å²) in [5.41, 5.74) is 0.188. The molecular formula is C15H20BrClN2O2. The van der Waals surface area contributed by atoms with Crippen molar-refractivity contribution in [1.29, 1.82) is 0 Å². The summed E-state index contributed by atoms with van der Waals surface area (Å²) >= 11 is 9.43. The van der Waals surface area contributed by atoms with Gasteiger partial charge < -0.3 is 15.0 Å². The molecule has 1 aliphatic heterocycles. The van der Waals surface area contributed by atoms with E-state index in [1.54, 1.807) is 0 Å². The Hall–Kier alpha value is -0.780. The van der Waals surface area contributed by atoms with Crippen LogP contribution in [0, 0.1) is 0 Å². The van der Waals surface area contributed by atoms with Gasteiger partial charge in [-0.3, -0.25) is 0 Å². The quantitative estimate of drug-likeness (QED) is 0.821. The third-order valence-corrected chi connectivity index (χ3v) is 5.16. The molecule has 21 heavy (non-hydrogen) atoms. The number of esters is 1. The normalized spacial score (nSPS) is 23.4. The Labute approximate surface area is 138 Å². The van der Waals surface area contributed by atoms with Gasteiger partial charge in [-0.05, 0) is 67.0 Å². The standard InChI is InChI=1S/C15H20BrClN2O2/c1-19-8-3-6-15(7-9-19,14(20)21-2)18-11-4-5-13(17)12(16)10-11/h4-5,10,18H,3,6-9H2,1-2H3. The Morgan fingerprint density at radius 1 is 1.43 bits per heavy atom. The third kappa shape index (κ3) is 3.90. The monoisotopic (exact) mass is 374 g/mol. The van der Waals surface area contributed by atoms with Crippen LogP contribution in [0.3, 0.4) is 0 Å².